The van der Waals surface area contributed by atoms with Crippen molar-refractivity contribution in [1.29, 1.82) is 0 Å². The van der Waals surface area contributed by atoms with Crippen LogP contribution in [-0.2, 0) is 9.53 Å². The predicted molar refractivity (Wildman–Crippen MR) is 64.3 cm³/mol. The van der Waals surface area contributed by atoms with Gasteiger partial charge in [-0.3, -0.25) is 4.79 Å². The lowest BCUT2D eigenvalue weighted by molar-refractivity contribution is -0.120. The minimum absolute atomic E-state index is 0.0398. The molecule has 1 fully saturated rings. The summed E-state index contributed by atoms with van der Waals surface area (Å²) in [6.45, 7) is 0.476. The molecule has 0 aliphatic carbocycles. The lowest BCUT2D eigenvalue weighted by Gasteiger charge is -2.14. The van der Waals surface area contributed by atoms with Gasteiger partial charge in [-0.1, -0.05) is 0 Å². The molecule has 0 bridgehead atoms. The van der Waals surface area contributed by atoms with Crippen LogP contribution in [0.3, 0.4) is 0 Å². The number of nitrogens with one attached hydrogen (secondary N) is 1. The van der Waals surface area contributed by atoms with Gasteiger partial charge in [-0.2, -0.15) is 0 Å². The van der Waals surface area contributed by atoms with E-state index in [0.717, 1.165) is 12.1 Å². The van der Waals surface area contributed by atoms with Crippen molar-refractivity contribution in [3.05, 3.63) is 29.6 Å². The molecule has 1 saturated heterocycles. The smallest absolute Gasteiger partial charge is 0.337 e. The van der Waals surface area contributed by atoms with Crippen LogP contribution < -0.4 is 11.1 Å². The van der Waals surface area contributed by atoms with Gasteiger partial charge < -0.3 is 20.9 Å². The maximum atomic E-state index is 13.0. The molecule has 102 valence electrons. The summed E-state index contributed by atoms with van der Waals surface area (Å²) in [6.07, 6.45) is 0. The molecule has 0 radical (unpaired) electrons. The molecule has 2 rings (SSSR count). The second-order valence-electron chi connectivity index (χ2n) is 4.29. The average molecular weight is 268 g/mol. The number of hydrogen-bond donors (Lipinski definition) is 3. The molecule has 2 atom stereocenters. The number of amides is 1. The highest BCUT2D eigenvalue weighted by molar-refractivity contribution is 6.01. The van der Waals surface area contributed by atoms with Crippen LogP contribution in [0.25, 0.3) is 0 Å². The van der Waals surface area contributed by atoms with Crippen LogP contribution in [0, 0.1) is 11.7 Å². The topological polar surface area (TPSA) is 102 Å². The van der Waals surface area contributed by atoms with E-state index in [9.17, 15) is 14.0 Å². The van der Waals surface area contributed by atoms with Gasteiger partial charge in [0, 0.05) is 6.04 Å². The zero-order valence-corrected chi connectivity index (χ0v) is 9.93. The van der Waals surface area contributed by atoms with Crippen LogP contribution >= 0.6 is 0 Å². The van der Waals surface area contributed by atoms with Crippen molar-refractivity contribution < 1.29 is 23.8 Å². The van der Waals surface area contributed by atoms with Crippen molar-refractivity contribution in [3.63, 3.8) is 0 Å². The van der Waals surface area contributed by atoms with Gasteiger partial charge in [0.25, 0.3) is 0 Å². The Balaban J connectivity index is 2.19. The maximum absolute atomic E-state index is 13.0. The number of hydrogen-bond acceptors (Lipinski definition) is 4. The monoisotopic (exact) mass is 268 g/mol. The fraction of sp³-hybridized carbons (Fsp3) is 0.333. The molecule has 1 aliphatic rings. The molecule has 7 heteroatoms. The van der Waals surface area contributed by atoms with Crippen molar-refractivity contribution in [2.45, 2.75) is 6.04 Å². The number of benzene rings is 1. The lowest BCUT2D eigenvalue weighted by Crippen LogP contribution is -2.37. The Bertz CT molecular complexity index is 520. The van der Waals surface area contributed by atoms with Gasteiger partial charge in [0.15, 0.2) is 0 Å². The Labute approximate surface area is 108 Å². The average Bonchev–Trinajstić information content (AvgIpc) is 2.77. The van der Waals surface area contributed by atoms with Crippen LogP contribution in [0.4, 0.5) is 10.1 Å². The van der Waals surface area contributed by atoms with Crippen molar-refractivity contribution >= 4 is 17.6 Å². The van der Waals surface area contributed by atoms with Crippen LogP contribution in [0.2, 0.25) is 0 Å². The SMILES string of the molecule is NC1COCC1C(=O)Nc1ccc(F)cc1C(=O)O. The Morgan fingerprint density at radius 2 is 2.16 bits per heavy atom. The van der Waals surface area contributed by atoms with Gasteiger partial charge in [-0.15, -0.1) is 0 Å². The molecule has 1 amide bonds. The third kappa shape index (κ3) is 2.88. The molecule has 0 spiro atoms. The predicted octanol–water partition coefficient (Wildman–Crippen LogP) is 0.436. The maximum Gasteiger partial charge on any atom is 0.337 e. The number of carboxylic acid groups (broad SMARTS) is 1. The zero-order valence-electron chi connectivity index (χ0n) is 9.93. The van der Waals surface area contributed by atoms with E-state index < -0.39 is 29.7 Å². The molecule has 1 aromatic rings. The molecule has 2 unspecified atom stereocenters. The normalized spacial score (nSPS) is 22.2. The molecule has 1 heterocycles. The standard InChI is InChI=1S/C12H13FN2O4/c13-6-1-2-10(7(3-6)12(17)18)15-11(16)8-4-19-5-9(8)14/h1-3,8-9H,4-5,14H2,(H,15,16)(H,17,18). The number of ether oxygens (including phenoxy) is 1. The third-order valence-electron chi connectivity index (χ3n) is 2.93. The molecule has 19 heavy (non-hydrogen) atoms. The second kappa shape index (κ2) is 5.33. The molecule has 1 aromatic carbocycles. The van der Waals surface area contributed by atoms with Crippen molar-refractivity contribution in [2.24, 2.45) is 11.7 Å². The first-order valence-corrected chi connectivity index (χ1v) is 5.66. The molecule has 0 saturated carbocycles. The number of aromatic carboxylic acids is 1. The Hall–Kier alpha value is -1.99. The molecular formula is C12H13FN2O4. The first-order chi connectivity index (χ1) is 8.99. The summed E-state index contributed by atoms with van der Waals surface area (Å²) in [6, 6.07) is 2.71. The van der Waals surface area contributed by atoms with E-state index >= 15 is 0 Å². The molecular weight excluding hydrogens is 255 g/mol. The molecule has 0 aromatic heterocycles. The van der Waals surface area contributed by atoms with E-state index in [2.05, 4.69) is 5.32 Å². The van der Waals surface area contributed by atoms with E-state index in [-0.39, 0.29) is 24.5 Å². The van der Waals surface area contributed by atoms with Gasteiger partial charge in [-0.05, 0) is 18.2 Å². The van der Waals surface area contributed by atoms with Gasteiger partial charge in [0.2, 0.25) is 5.91 Å². The van der Waals surface area contributed by atoms with Crippen LogP contribution in [-0.4, -0.2) is 36.2 Å². The van der Waals surface area contributed by atoms with Gasteiger partial charge in [0.05, 0.1) is 30.4 Å². The van der Waals surface area contributed by atoms with E-state index in [0.29, 0.717) is 0 Å². The highest BCUT2D eigenvalue weighted by Gasteiger charge is 2.31. The first-order valence-electron chi connectivity index (χ1n) is 5.66. The summed E-state index contributed by atoms with van der Waals surface area (Å²) in [5, 5.41) is 11.4. The zero-order chi connectivity index (χ0) is 14.0. The number of carbonyl (C=O) groups excluding carboxylic acids is 1. The van der Waals surface area contributed by atoms with E-state index in [1.54, 1.807) is 0 Å². The minimum Gasteiger partial charge on any atom is -0.478 e. The number of halogens is 1. The summed E-state index contributed by atoms with van der Waals surface area (Å²) < 4.78 is 18.1. The molecule has 4 N–H and O–H groups in total. The van der Waals surface area contributed by atoms with Crippen LogP contribution in [0.5, 0.6) is 0 Å². The highest BCUT2D eigenvalue weighted by Crippen LogP contribution is 2.20. The minimum atomic E-state index is -1.32. The first kappa shape index (κ1) is 13.4. The van der Waals surface area contributed by atoms with Gasteiger partial charge in [-0.25, -0.2) is 9.18 Å². The van der Waals surface area contributed by atoms with Crippen LogP contribution in [0.15, 0.2) is 18.2 Å². The molecule has 1 aliphatic heterocycles. The molecule has 6 nitrogen and oxygen atoms in total. The van der Waals surface area contributed by atoms with E-state index in [4.69, 9.17) is 15.6 Å². The second-order valence-corrected chi connectivity index (χ2v) is 4.29. The lowest BCUT2D eigenvalue weighted by atomic mass is 10.0. The Kier molecular flexibility index (Phi) is 3.77. The third-order valence-corrected chi connectivity index (χ3v) is 2.93. The number of anilines is 1. The van der Waals surface area contributed by atoms with Gasteiger partial charge >= 0.3 is 5.97 Å². The Morgan fingerprint density at radius 1 is 1.42 bits per heavy atom. The highest BCUT2D eigenvalue weighted by atomic mass is 19.1. The van der Waals surface area contributed by atoms with Gasteiger partial charge in [0.1, 0.15) is 5.82 Å². The van der Waals surface area contributed by atoms with E-state index in [1.807, 2.05) is 0 Å². The van der Waals surface area contributed by atoms with E-state index in [1.165, 1.54) is 6.07 Å². The number of carbonyl (C=O) groups is 2. The number of rotatable bonds is 3. The van der Waals surface area contributed by atoms with Crippen molar-refractivity contribution in [1.82, 2.24) is 0 Å². The summed E-state index contributed by atoms with van der Waals surface area (Å²) >= 11 is 0. The van der Waals surface area contributed by atoms with Crippen LogP contribution in [0.1, 0.15) is 10.4 Å². The Morgan fingerprint density at radius 3 is 2.74 bits per heavy atom. The van der Waals surface area contributed by atoms with Crippen molar-refractivity contribution in [2.75, 3.05) is 18.5 Å². The fourth-order valence-corrected chi connectivity index (χ4v) is 1.87. The largest absolute Gasteiger partial charge is 0.478 e. The number of nitrogens with two attached hydrogens (primary N) is 1. The number of carboxylic acids is 1. The summed E-state index contributed by atoms with van der Waals surface area (Å²) in [4.78, 5) is 22.9. The summed E-state index contributed by atoms with van der Waals surface area (Å²) in [5.41, 5.74) is 5.43. The quantitative estimate of drug-likeness (QED) is 0.738. The fourth-order valence-electron chi connectivity index (χ4n) is 1.87. The summed E-state index contributed by atoms with van der Waals surface area (Å²) in [5.74, 6) is -2.97. The summed E-state index contributed by atoms with van der Waals surface area (Å²) in [7, 11) is 0. The van der Waals surface area contributed by atoms with Crippen molar-refractivity contribution in [3.8, 4) is 0 Å².